The highest BCUT2D eigenvalue weighted by atomic mass is 32.2. The van der Waals surface area contributed by atoms with E-state index in [1.54, 1.807) is 6.07 Å². The highest BCUT2D eigenvalue weighted by Crippen LogP contribution is 2.51. The molecule has 0 saturated carbocycles. The summed E-state index contributed by atoms with van der Waals surface area (Å²) in [7, 11) is 0. The number of thioether (sulfide) groups is 1. The number of nitrogens with zero attached hydrogens (tertiary/aromatic N) is 2. The van der Waals surface area contributed by atoms with Crippen LogP contribution in [0.15, 0.2) is 72.8 Å². The van der Waals surface area contributed by atoms with Crippen LogP contribution in [-0.4, -0.2) is 68.1 Å². The number of carbonyl (C=O) groups is 3. The quantitative estimate of drug-likeness (QED) is 0.359. The van der Waals surface area contributed by atoms with Crippen LogP contribution in [0, 0.1) is 6.92 Å². The summed E-state index contributed by atoms with van der Waals surface area (Å²) in [4.78, 5) is 43.4. The van der Waals surface area contributed by atoms with E-state index in [0.717, 1.165) is 40.9 Å². The number of nitrogens with one attached hydrogen (secondary N) is 2. The Bertz CT molecular complexity index is 1500. The minimum atomic E-state index is -1.52. The highest BCUT2D eigenvalue weighted by Gasteiger charge is 2.65. The van der Waals surface area contributed by atoms with E-state index in [2.05, 4.69) is 10.6 Å². The summed E-state index contributed by atoms with van der Waals surface area (Å²) in [5.41, 5.74) is 5.47. The van der Waals surface area contributed by atoms with Gasteiger partial charge in [-0.05, 0) is 61.1 Å². The van der Waals surface area contributed by atoms with E-state index in [1.165, 1.54) is 16.7 Å². The van der Waals surface area contributed by atoms with Crippen LogP contribution in [0.4, 0.5) is 5.69 Å². The lowest BCUT2D eigenvalue weighted by atomic mass is 9.91. The van der Waals surface area contributed by atoms with E-state index in [0.29, 0.717) is 12.1 Å². The van der Waals surface area contributed by atoms with Crippen molar-refractivity contribution in [3.63, 3.8) is 0 Å². The lowest BCUT2D eigenvalue weighted by Crippen LogP contribution is -2.73. The molecule has 3 heterocycles. The fourth-order valence-electron chi connectivity index (χ4n) is 6.17. The van der Waals surface area contributed by atoms with Gasteiger partial charge in [-0.15, -0.1) is 11.8 Å². The summed E-state index contributed by atoms with van der Waals surface area (Å²) in [6.07, 6.45) is -0.519. The molecule has 3 aliphatic rings. The van der Waals surface area contributed by atoms with E-state index in [9.17, 15) is 19.5 Å². The Morgan fingerprint density at radius 2 is 1.85 bits per heavy atom. The number of hydrogen-bond acceptors (Lipinski definition) is 6. The molecule has 4 atom stereocenters. The zero-order chi connectivity index (χ0) is 28.7. The number of rotatable bonds is 8. The lowest BCUT2D eigenvalue weighted by Gasteiger charge is -2.53. The Morgan fingerprint density at radius 1 is 1.10 bits per heavy atom. The van der Waals surface area contributed by atoms with Crippen molar-refractivity contribution >= 4 is 35.2 Å². The predicted octanol–water partition coefficient (Wildman–Crippen LogP) is 3.33. The number of amides is 3. The standard InChI is InChI=1S/C32H34N4O4S/c1-20-9-6-7-12-22(20)18-36-31(40)28-32(36,2)41-19-35(28)30(39)27(37)26(17-21-10-4-3-5-11-21)34-29(38)24-13-8-14-25-23(24)15-16-33-25/h3-14,26-28,33,37H,15-19H2,1-2H3,(H,34,38)/t26-,27-,28+,32?/m0/s1. The van der Waals surface area contributed by atoms with E-state index in [1.807, 2.05) is 85.5 Å². The molecular weight excluding hydrogens is 536 g/mol. The number of likely N-dealkylation sites (tertiary alicyclic amines) is 1. The predicted molar refractivity (Wildman–Crippen MR) is 159 cm³/mol. The third-order valence-corrected chi connectivity index (χ3v) is 10.0. The fourth-order valence-corrected chi connectivity index (χ4v) is 7.54. The Labute approximate surface area is 244 Å². The van der Waals surface area contributed by atoms with Gasteiger partial charge in [0.2, 0.25) is 5.91 Å². The van der Waals surface area contributed by atoms with Crippen molar-refractivity contribution in [2.24, 2.45) is 0 Å². The number of benzene rings is 3. The van der Waals surface area contributed by atoms with Gasteiger partial charge in [-0.25, -0.2) is 0 Å². The number of hydrogen-bond donors (Lipinski definition) is 3. The summed E-state index contributed by atoms with van der Waals surface area (Å²) in [6, 6.07) is 21.5. The van der Waals surface area contributed by atoms with Crippen LogP contribution < -0.4 is 10.6 Å². The molecule has 1 unspecified atom stereocenters. The number of fused-ring (bicyclic) bond motifs is 2. The number of β-lactam (4-membered cyclic amide) rings is 1. The van der Waals surface area contributed by atoms with Crippen molar-refractivity contribution < 1.29 is 19.5 Å². The van der Waals surface area contributed by atoms with Crippen LogP contribution >= 0.6 is 11.8 Å². The van der Waals surface area contributed by atoms with Crippen molar-refractivity contribution in [3.8, 4) is 0 Å². The molecule has 3 N–H and O–H groups in total. The zero-order valence-electron chi connectivity index (χ0n) is 23.2. The molecule has 0 spiro atoms. The highest BCUT2D eigenvalue weighted by molar-refractivity contribution is 8.01. The molecule has 3 aliphatic heterocycles. The van der Waals surface area contributed by atoms with E-state index < -0.39 is 29.0 Å². The third kappa shape index (κ3) is 4.87. The van der Waals surface area contributed by atoms with Gasteiger partial charge in [0.15, 0.2) is 6.10 Å². The number of carbonyl (C=O) groups excluding carboxylic acids is 3. The van der Waals surface area contributed by atoms with Crippen molar-refractivity contribution in [3.05, 3.63) is 101 Å². The Kier molecular flexibility index (Phi) is 7.25. The SMILES string of the molecule is Cc1ccccc1CN1C(=O)[C@H]2N(C(=O)[C@@H](O)[C@H](Cc3ccccc3)NC(=O)c3cccc4c3CCN4)CSC21C. The minimum absolute atomic E-state index is 0.128. The monoisotopic (exact) mass is 570 g/mol. The molecule has 212 valence electrons. The van der Waals surface area contributed by atoms with Crippen LogP contribution in [0.1, 0.15) is 39.5 Å². The molecule has 0 aromatic heterocycles. The maximum Gasteiger partial charge on any atom is 0.255 e. The maximum absolute atomic E-state index is 13.8. The number of aryl methyl sites for hydroxylation is 1. The van der Waals surface area contributed by atoms with Crippen molar-refractivity contribution in [1.29, 1.82) is 0 Å². The van der Waals surface area contributed by atoms with Gasteiger partial charge in [-0.3, -0.25) is 14.4 Å². The molecule has 0 radical (unpaired) electrons. The molecule has 3 aromatic rings. The van der Waals surface area contributed by atoms with Gasteiger partial charge in [-0.1, -0.05) is 60.7 Å². The van der Waals surface area contributed by atoms with Crippen LogP contribution in [0.5, 0.6) is 0 Å². The first kappa shape index (κ1) is 27.4. The molecule has 0 bridgehead atoms. The largest absolute Gasteiger partial charge is 0.384 e. The van der Waals surface area contributed by atoms with Gasteiger partial charge in [-0.2, -0.15) is 0 Å². The molecule has 8 nitrogen and oxygen atoms in total. The molecule has 6 rings (SSSR count). The maximum atomic E-state index is 13.8. The first-order valence-corrected chi connectivity index (χ1v) is 15.0. The van der Waals surface area contributed by atoms with Gasteiger partial charge < -0.3 is 25.5 Å². The first-order chi connectivity index (χ1) is 19.8. The molecule has 3 amide bonds. The van der Waals surface area contributed by atoms with Crippen molar-refractivity contribution in [1.82, 2.24) is 15.1 Å². The third-order valence-electron chi connectivity index (χ3n) is 8.58. The molecule has 2 fully saturated rings. The van der Waals surface area contributed by atoms with Gasteiger partial charge in [0.25, 0.3) is 11.8 Å². The smallest absolute Gasteiger partial charge is 0.255 e. The van der Waals surface area contributed by atoms with Crippen LogP contribution in [0.3, 0.4) is 0 Å². The molecule has 0 aliphatic carbocycles. The van der Waals surface area contributed by atoms with Crippen LogP contribution in [0.25, 0.3) is 0 Å². The molecular formula is C32H34N4O4S. The van der Waals surface area contributed by atoms with Crippen molar-refractivity contribution in [2.45, 2.75) is 56.3 Å². The Balaban J connectivity index is 1.21. The zero-order valence-corrected chi connectivity index (χ0v) is 24.0. The molecule has 9 heteroatoms. The number of aliphatic hydroxyl groups is 1. The summed E-state index contributed by atoms with van der Waals surface area (Å²) in [5.74, 6) is -0.714. The van der Waals surface area contributed by atoms with Gasteiger partial charge >= 0.3 is 0 Å². The summed E-state index contributed by atoms with van der Waals surface area (Å²) in [5, 5.41) is 17.7. The summed E-state index contributed by atoms with van der Waals surface area (Å²) < 4.78 is 0. The average Bonchev–Trinajstić information content (AvgIpc) is 3.59. The molecule has 3 aromatic carbocycles. The summed E-state index contributed by atoms with van der Waals surface area (Å²) >= 11 is 1.53. The van der Waals surface area contributed by atoms with Crippen LogP contribution in [-0.2, 0) is 29.0 Å². The summed E-state index contributed by atoms with van der Waals surface area (Å²) in [6.45, 7) is 5.23. The van der Waals surface area contributed by atoms with Gasteiger partial charge in [0.05, 0.1) is 11.9 Å². The van der Waals surface area contributed by atoms with E-state index >= 15 is 0 Å². The Morgan fingerprint density at radius 3 is 2.63 bits per heavy atom. The first-order valence-electron chi connectivity index (χ1n) is 14.0. The molecule has 2 saturated heterocycles. The second kappa shape index (κ2) is 10.9. The van der Waals surface area contributed by atoms with Gasteiger partial charge in [0, 0.05) is 24.3 Å². The second-order valence-electron chi connectivity index (χ2n) is 11.1. The second-order valence-corrected chi connectivity index (χ2v) is 12.5. The minimum Gasteiger partial charge on any atom is -0.384 e. The van der Waals surface area contributed by atoms with Crippen LogP contribution in [0.2, 0.25) is 0 Å². The lowest BCUT2D eigenvalue weighted by molar-refractivity contribution is -0.168. The Hall–Kier alpha value is -3.82. The van der Waals surface area contributed by atoms with Crippen molar-refractivity contribution in [2.75, 3.05) is 17.7 Å². The average molecular weight is 571 g/mol. The normalized spacial score (nSPS) is 22.3. The number of aliphatic hydroxyl groups excluding tert-OH is 1. The number of anilines is 1. The van der Waals surface area contributed by atoms with E-state index in [4.69, 9.17) is 0 Å². The molecule has 41 heavy (non-hydrogen) atoms. The van der Waals surface area contributed by atoms with E-state index in [-0.39, 0.29) is 24.1 Å². The van der Waals surface area contributed by atoms with Gasteiger partial charge in [0.1, 0.15) is 10.9 Å². The topological polar surface area (TPSA) is 102 Å². The fraction of sp³-hybridized carbons (Fsp3) is 0.344.